The van der Waals surface area contributed by atoms with Crippen molar-refractivity contribution in [3.63, 3.8) is 0 Å². The van der Waals surface area contributed by atoms with E-state index in [0.717, 1.165) is 32.1 Å². The first-order valence-electron chi connectivity index (χ1n) is 7.84. The summed E-state index contributed by atoms with van der Waals surface area (Å²) in [5.74, 6) is 0.655. The molecule has 0 aromatic carbocycles. The number of carbonyl (C=O) groups excluding carboxylic acids is 1. The van der Waals surface area contributed by atoms with Crippen molar-refractivity contribution in [3.8, 4) is 0 Å². The minimum atomic E-state index is -3.07. The van der Waals surface area contributed by atoms with Crippen LogP contribution < -0.4 is 0 Å². The number of hydrogen-bond acceptors (Lipinski definition) is 3. The number of rotatable bonds is 4. The lowest BCUT2D eigenvalue weighted by Gasteiger charge is -2.37. The maximum absolute atomic E-state index is 12.4. The van der Waals surface area contributed by atoms with Crippen molar-refractivity contribution in [2.75, 3.05) is 13.3 Å². The second-order valence-corrected chi connectivity index (χ2v) is 8.84. The van der Waals surface area contributed by atoms with Gasteiger partial charge in [0.05, 0.1) is 5.25 Å². The first kappa shape index (κ1) is 15.8. The fraction of sp³-hybridized carbons (Fsp3) is 0.933. The van der Waals surface area contributed by atoms with Crippen LogP contribution in [-0.4, -0.2) is 43.8 Å². The van der Waals surface area contributed by atoms with Crippen LogP contribution in [0.15, 0.2) is 0 Å². The Kier molecular flexibility index (Phi) is 5.10. The number of sulfone groups is 1. The summed E-state index contributed by atoms with van der Waals surface area (Å²) in [6.07, 6.45) is 10.2. The second kappa shape index (κ2) is 6.46. The SMILES string of the molecule is CN(C(=O)CC1CCCC1)C1CCCCC1S(C)(=O)=O. The van der Waals surface area contributed by atoms with Crippen molar-refractivity contribution in [1.29, 1.82) is 0 Å². The van der Waals surface area contributed by atoms with E-state index in [-0.39, 0.29) is 17.2 Å². The van der Waals surface area contributed by atoms with Crippen molar-refractivity contribution < 1.29 is 13.2 Å². The van der Waals surface area contributed by atoms with E-state index >= 15 is 0 Å². The van der Waals surface area contributed by atoms with E-state index in [9.17, 15) is 13.2 Å². The molecule has 0 heterocycles. The topological polar surface area (TPSA) is 54.5 Å². The molecule has 116 valence electrons. The van der Waals surface area contributed by atoms with E-state index in [1.807, 2.05) is 0 Å². The molecule has 0 aromatic rings. The van der Waals surface area contributed by atoms with E-state index in [1.165, 1.54) is 19.1 Å². The van der Waals surface area contributed by atoms with Gasteiger partial charge in [0.15, 0.2) is 9.84 Å². The number of nitrogens with zero attached hydrogens (tertiary/aromatic N) is 1. The molecule has 2 aliphatic rings. The van der Waals surface area contributed by atoms with Gasteiger partial charge < -0.3 is 4.90 Å². The summed E-state index contributed by atoms with van der Waals surface area (Å²) < 4.78 is 23.9. The normalized spacial score (nSPS) is 28.5. The van der Waals surface area contributed by atoms with Gasteiger partial charge in [-0.3, -0.25) is 4.79 Å². The van der Waals surface area contributed by atoms with Crippen molar-refractivity contribution in [3.05, 3.63) is 0 Å². The molecule has 2 rings (SSSR count). The highest BCUT2D eigenvalue weighted by Gasteiger charge is 2.37. The molecule has 0 N–H and O–H groups in total. The largest absolute Gasteiger partial charge is 0.341 e. The van der Waals surface area contributed by atoms with Crippen LogP contribution in [0.1, 0.15) is 57.8 Å². The van der Waals surface area contributed by atoms with Crippen LogP contribution in [0.2, 0.25) is 0 Å². The Morgan fingerprint density at radius 2 is 1.60 bits per heavy atom. The van der Waals surface area contributed by atoms with E-state index in [2.05, 4.69) is 0 Å². The summed E-state index contributed by atoms with van der Waals surface area (Å²) >= 11 is 0. The second-order valence-electron chi connectivity index (χ2n) is 6.58. The van der Waals surface area contributed by atoms with Crippen molar-refractivity contribution in [1.82, 2.24) is 4.90 Å². The molecule has 0 aliphatic heterocycles. The summed E-state index contributed by atoms with van der Waals surface area (Å²) in [5.41, 5.74) is 0. The molecule has 1 amide bonds. The van der Waals surface area contributed by atoms with E-state index < -0.39 is 9.84 Å². The Labute approximate surface area is 122 Å². The van der Waals surface area contributed by atoms with Crippen molar-refractivity contribution >= 4 is 15.7 Å². The lowest BCUT2D eigenvalue weighted by molar-refractivity contribution is -0.133. The Morgan fingerprint density at radius 3 is 2.20 bits per heavy atom. The highest BCUT2D eigenvalue weighted by molar-refractivity contribution is 7.91. The molecule has 4 nitrogen and oxygen atoms in total. The lowest BCUT2D eigenvalue weighted by Crippen LogP contribution is -2.49. The Morgan fingerprint density at radius 1 is 1.05 bits per heavy atom. The molecule has 2 aliphatic carbocycles. The van der Waals surface area contributed by atoms with Crippen LogP contribution in [0.3, 0.4) is 0 Å². The molecular formula is C15H27NO3S. The van der Waals surface area contributed by atoms with Crippen LogP contribution >= 0.6 is 0 Å². The predicted octanol–water partition coefficient (Wildman–Crippen LogP) is 2.38. The average Bonchev–Trinajstić information content (AvgIpc) is 2.89. The van der Waals surface area contributed by atoms with E-state index in [0.29, 0.717) is 18.8 Å². The van der Waals surface area contributed by atoms with Gasteiger partial charge in [0.2, 0.25) is 5.91 Å². The van der Waals surface area contributed by atoms with Gasteiger partial charge in [-0.25, -0.2) is 8.42 Å². The monoisotopic (exact) mass is 301 g/mol. The van der Waals surface area contributed by atoms with Gasteiger partial charge in [-0.1, -0.05) is 25.7 Å². The Hall–Kier alpha value is -0.580. The Balaban J connectivity index is 2.01. The molecule has 0 radical (unpaired) electrons. The van der Waals surface area contributed by atoms with Crippen LogP contribution in [-0.2, 0) is 14.6 Å². The quantitative estimate of drug-likeness (QED) is 0.801. The average molecular weight is 301 g/mol. The summed E-state index contributed by atoms with van der Waals surface area (Å²) in [4.78, 5) is 14.1. The maximum Gasteiger partial charge on any atom is 0.222 e. The van der Waals surface area contributed by atoms with Gasteiger partial charge >= 0.3 is 0 Å². The van der Waals surface area contributed by atoms with Gasteiger partial charge in [0, 0.05) is 25.8 Å². The first-order valence-corrected chi connectivity index (χ1v) is 9.79. The van der Waals surface area contributed by atoms with E-state index in [1.54, 1.807) is 11.9 Å². The third kappa shape index (κ3) is 3.74. The first-order chi connectivity index (χ1) is 9.39. The zero-order valence-electron chi connectivity index (χ0n) is 12.7. The zero-order chi connectivity index (χ0) is 14.8. The molecular weight excluding hydrogens is 274 g/mol. The molecule has 0 aromatic heterocycles. The number of carbonyl (C=O) groups is 1. The molecule has 5 heteroatoms. The molecule has 0 bridgehead atoms. The fourth-order valence-electron chi connectivity index (χ4n) is 3.81. The summed E-state index contributed by atoms with van der Waals surface area (Å²) in [6.45, 7) is 0. The molecule has 2 saturated carbocycles. The van der Waals surface area contributed by atoms with Crippen LogP contribution in [0.25, 0.3) is 0 Å². The number of hydrogen-bond donors (Lipinski definition) is 0. The van der Waals surface area contributed by atoms with Crippen molar-refractivity contribution in [2.45, 2.75) is 69.1 Å². The fourth-order valence-corrected chi connectivity index (χ4v) is 5.29. The minimum absolute atomic E-state index is 0.118. The smallest absolute Gasteiger partial charge is 0.222 e. The summed E-state index contributed by atoms with van der Waals surface area (Å²) in [6, 6.07) is -0.118. The highest BCUT2D eigenvalue weighted by atomic mass is 32.2. The predicted molar refractivity (Wildman–Crippen MR) is 80.2 cm³/mol. The van der Waals surface area contributed by atoms with Crippen LogP contribution in [0.4, 0.5) is 0 Å². The van der Waals surface area contributed by atoms with Crippen LogP contribution in [0, 0.1) is 5.92 Å². The maximum atomic E-state index is 12.4. The van der Waals surface area contributed by atoms with Gasteiger partial charge in [0.1, 0.15) is 0 Å². The third-order valence-electron chi connectivity index (χ3n) is 5.05. The van der Waals surface area contributed by atoms with Gasteiger partial charge in [-0.2, -0.15) is 0 Å². The molecule has 0 spiro atoms. The van der Waals surface area contributed by atoms with Gasteiger partial charge in [-0.05, 0) is 31.6 Å². The third-order valence-corrected chi connectivity index (χ3v) is 6.70. The van der Waals surface area contributed by atoms with Gasteiger partial charge in [0.25, 0.3) is 0 Å². The molecule has 2 fully saturated rings. The zero-order valence-corrected chi connectivity index (χ0v) is 13.5. The standard InChI is InChI=1S/C15H27NO3S/c1-16(15(17)11-12-7-3-4-8-12)13-9-5-6-10-14(13)20(2,18)19/h12-14H,3-11H2,1-2H3. The lowest BCUT2D eigenvalue weighted by atomic mass is 9.93. The van der Waals surface area contributed by atoms with E-state index in [4.69, 9.17) is 0 Å². The summed E-state index contributed by atoms with van der Waals surface area (Å²) in [7, 11) is -1.28. The summed E-state index contributed by atoms with van der Waals surface area (Å²) in [5, 5.41) is -0.367. The Bertz CT molecular complexity index is 440. The van der Waals surface area contributed by atoms with Crippen LogP contribution in [0.5, 0.6) is 0 Å². The van der Waals surface area contributed by atoms with Crippen molar-refractivity contribution in [2.24, 2.45) is 5.92 Å². The molecule has 0 saturated heterocycles. The highest BCUT2D eigenvalue weighted by Crippen LogP contribution is 2.31. The molecule has 2 atom stereocenters. The number of amides is 1. The molecule has 2 unspecified atom stereocenters. The molecule has 20 heavy (non-hydrogen) atoms. The van der Waals surface area contributed by atoms with Gasteiger partial charge in [-0.15, -0.1) is 0 Å². The minimum Gasteiger partial charge on any atom is -0.341 e.